The Balaban J connectivity index is 1.57. The van der Waals surface area contributed by atoms with Crippen LogP contribution in [0.5, 0.6) is 0 Å². The van der Waals surface area contributed by atoms with Crippen LogP contribution in [0.2, 0.25) is 0 Å². The van der Waals surface area contributed by atoms with Gasteiger partial charge in [-0.2, -0.15) is 13.2 Å². The lowest BCUT2D eigenvalue weighted by Crippen LogP contribution is -2.37. The van der Waals surface area contributed by atoms with E-state index in [1.807, 2.05) is 0 Å². The number of hydrogen-bond donors (Lipinski definition) is 2. The summed E-state index contributed by atoms with van der Waals surface area (Å²) in [5, 5.41) is 4.86. The average Bonchev–Trinajstić information content (AvgIpc) is 2.73. The van der Waals surface area contributed by atoms with Crippen molar-refractivity contribution in [2.75, 3.05) is 17.2 Å². The van der Waals surface area contributed by atoms with Crippen molar-refractivity contribution in [1.82, 2.24) is 4.90 Å². The summed E-state index contributed by atoms with van der Waals surface area (Å²) in [7, 11) is 0. The summed E-state index contributed by atoms with van der Waals surface area (Å²) in [4.78, 5) is 37.0. The van der Waals surface area contributed by atoms with Crippen molar-refractivity contribution >= 4 is 35.3 Å². The number of benzene rings is 2. The predicted octanol–water partition coefficient (Wildman–Crippen LogP) is 4.68. The standard InChI is InChI=1S/C22H18F3N3O3/c23-22(24,25)16-4-3-5-18(14-16)27-21(31)26-17-10-7-15(8-11-17)9-12-20(30)28-13-2-1-6-19(28)29/h1,3-12,14H,2,13H2,(H2,26,27,31)/b12-9+. The summed E-state index contributed by atoms with van der Waals surface area (Å²) in [5.41, 5.74) is 0.215. The number of anilines is 2. The number of imide groups is 1. The molecular weight excluding hydrogens is 411 g/mol. The number of urea groups is 1. The van der Waals surface area contributed by atoms with Gasteiger partial charge in [0, 0.05) is 24.0 Å². The van der Waals surface area contributed by atoms with Gasteiger partial charge in [0.1, 0.15) is 0 Å². The molecule has 0 unspecified atom stereocenters. The zero-order chi connectivity index (χ0) is 22.4. The zero-order valence-corrected chi connectivity index (χ0v) is 16.1. The van der Waals surface area contributed by atoms with Gasteiger partial charge < -0.3 is 10.6 Å². The molecule has 2 N–H and O–H groups in total. The Hall–Kier alpha value is -3.88. The van der Waals surface area contributed by atoms with E-state index in [9.17, 15) is 27.6 Å². The molecule has 1 aliphatic rings. The monoisotopic (exact) mass is 429 g/mol. The normalized spacial score (nSPS) is 14.0. The van der Waals surface area contributed by atoms with E-state index >= 15 is 0 Å². The minimum Gasteiger partial charge on any atom is -0.308 e. The Morgan fingerprint density at radius 1 is 1.00 bits per heavy atom. The third kappa shape index (κ3) is 6.05. The van der Waals surface area contributed by atoms with Crippen LogP contribution in [-0.4, -0.2) is 29.3 Å². The summed E-state index contributed by atoms with van der Waals surface area (Å²) < 4.78 is 38.3. The Kier molecular flexibility index (Phi) is 6.54. The molecule has 0 fully saturated rings. The Morgan fingerprint density at radius 3 is 2.39 bits per heavy atom. The zero-order valence-electron chi connectivity index (χ0n) is 16.1. The topological polar surface area (TPSA) is 78.5 Å². The Bertz CT molecular complexity index is 1040. The lowest BCUT2D eigenvalue weighted by Gasteiger charge is -2.19. The second-order valence-corrected chi connectivity index (χ2v) is 6.63. The lowest BCUT2D eigenvalue weighted by atomic mass is 10.2. The second kappa shape index (κ2) is 9.29. The SMILES string of the molecule is O=C(Nc1ccc(/C=C/C(=O)N2CCC=CC2=O)cc1)Nc1cccc(C(F)(F)F)c1. The van der Waals surface area contributed by atoms with Crippen molar-refractivity contribution in [3.05, 3.63) is 77.9 Å². The third-order valence-electron chi connectivity index (χ3n) is 4.35. The maximum atomic E-state index is 12.8. The first-order valence-corrected chi connectivity index (χ1v) is 9.28. The molecule has 6 nitrogen and oxygen atoms in total. The summed E-state index contributed by atoms with van der Waals surface area (Å²) in [6, 6.07) is 10.0. The number of hydrogen-bond acceptors (Lipinski definition) is 3. The molecule has 9 heteroatoms. The van der Waals surface area contributed by atoms with Gasteiger partial charge in [0.15, 0.2) is 0 Å². The van der Waals surface area contributed by atoms with Crippen LogP contribution >= 0.6 is 0 Å². The van der Waals surface area contributed by atoms with Gasteiger partial charge in [-0.25, -0.2) is 4.79 Å². The molecule has 0 saturated heterocycles. The van der Waals surface area contributed by atoms with Crippen molar-refractivity contribution in [3.8, 4) is 0 Å². The molecule has 0 aliphatic carbocycles. The smallest absolute Gasteiger partial charge is 0.308 e. The molecule has 2 aromatic carbocycles. The van der Waals surface area contributed by atoms with Crippen LogP contribution in [0.4, 0.5) is 29.3 Å². The number of rotatable bonds is 4. The van der Waals surface area contributed by atoms with Gasteiger partial charge in [-0.3, -0.25) is 14.5 Å². The number of halogens is 3. The molecule has 0 aromatic heterocycles. The van der Waals surface area contributed by atoms with Crippen LogP contribution in [0.1, 0.15) is 17.5 Å². The molecule has 3 rings (SSSR count). The van der Waals surface area contributed by atoms with Crippen LogP contribution < -0.4 is 10.6 Å². The molecule has 4 amide bonds. The first-order valence-electron chi connectivity index (χ1n) is 9.28. The molecule has 0 bridgehead atoms. The minimum absolute atomic E-state index is 0.00694. The van der Waals surface area contributed by atoms with Crippen molar-refractivity contribution in [3.63, 3.8) is 0 Å². The minimum atomic E-state index is -4.50. The summed E-state index contributed by atoms with van der Waals surface area (Å²) in [5.74, 6) is -0.774. The predicted molar refractivity (Wildman–Crippen MR) is 110 cm³/mol. The number of nitrogens with zero attached hydrogens (tertiary/aromatic N) is 1. The quantitative estimate of drug-likeness (QED) is 0.693. The van der Waals surface area contributed by atoms with Crippen molar-refractivity contribution < 1.29 is 27.6 Å². The van der Waals surface area contributed by atoms with Gasteiger partial charge in [0.25, 0.3) is 11.8 Å². The van der Waals surface area contributed by atoms with Crippen LogP contribution in [-0.2, 0) is 15.8 Å². The molecular formula is C22H18F3N3O3. The van der Waals surface area contributed by atoms with Crippen molar-refractivity contribution in [2.45, 2.75) is 12.6 Å². The Morgan fingerprint density at radius 2 is 1.71 bits per heavy atom. The van der Waals surface area contributed by atoms with Crippen LogP contribution in [0, 0.1) is 0 Å². The number of carbonyl (C=O) groups is 3. The highest BCUT2D eigenvalue weighted by molar-refractivity contribution is 6.07. The van der Waals surface area contributed by atoms with Gasteiger partial charge in [0.2, 0.25) is 0 Å². The molecule has 0 spiro atoms. The van der Waals surface area contributed by atoms with E-state index < -0.39 is 23.7 Å². The second-order valence-electron chi connectivity index (χ2n) is 6.63. The van der Waals surface area contributed by atoms with Crippen LogP contribution in [0.3, 0.4) is 0 Å². The highest BCUT2D eigenvalue weighted by Crippen LogP contribution is 2.30. The number of alkyl halides is 3. The molecule has 1 aliphatic heterocycles. The molecule has 2 aromatic rings. The fraction of sp³-hybridized carbons (Fsp3) is 0.136. The highest BCUT2D eigenvalue weighted by Gasteiger charge is 2.30. The van der Waals surface area contributed by atoms with E-state index in [-0.39, 0.29) is 11.6 Å². The highest BCUT2D eigenvalue weighted by atomic mass is 19.4. The molecule has 0 saturated carbocycles. The third-order valence-corrected chi connectivity index (χ3v) is 4.35. The number of carbonyl (C=O) groups excluding carboxylic acids is 3. The van der Waals surface area contributed by atoms with Gasteiger partial charge in [0.05, 0.1) is 5.56 Å². The van der Waals surface area contributed by atoms with E-state index in [1.54, 1.807) is 36.4 Å². The van der Waals surface area contributed by atoms with Crippen LogP contribution in [0.25, 0.3) is 6.08 Å². The molecule has 160 valence electrons. The van der Waals surface area contributed by atoms with Gasteiger partial charge in [-0.05, 0) is 54.5 Å². The molecule has 1 heterocycles. The van der Waals surface area contributed by atoms with E-state index in [0.717, 1.165) is 17.0 Å². The largest absolute Gasteiger partial charge is 0.416 e. The van der Waals surface area contributed by atoms with E-state index in [2.05, 4.69) is 10.6 Å². The lowest BCUT2D eigenvalue weighted by molar-refractivity contribution is -0.139. The van der Waals surface area contributed by atoms with Gasteiger partial charge in [-0.15, -0.1) is 0 Å². The average molecular weight is 429 g/mol. The first-order chi connectivity index (χ1) is 14.7. The Labute approximate surface area is 176 Å². The van der Waals surface area contributed by atoms with Gasteiger partial charge >= 0.3 is 12.2 Å². The number of amides is 4. The molecule has 31 heavy (non-hydrogen) atoms. The maximum absolute atomic E-state index is 12.8. The maximum Gasteiger partial charge on any atom is 0.416 e. The van der Waals surface area contributed by atoms with Crippen molar-refractivity contribution in [1.29, 1.82) is 0 Å². The summed E-state index contributed by atoms with van der Waals surface area (Å²) in [6.45, 7) is 0.336. The van der Waals surface area contributed by atoms with Crippen molar-refractivity contribution in [2.24, 2.45) is 0 Å². The summed E-state index contributed by atoms with van der Waals surface area (Å²) in [6.07, 6.45) is 2.02. The van der Waals surface area contributed by atoms with E-state index in [4.69, 9.17) is 0 Å². The fourth-order valence-corrected chi connectivity index (χ4v) is 2.81. The van der Waals surface area contributed by atoms with Crippen LogP contribution in [0.15, 0.2) is 66.8 Å². The summed E-state index contributed by atoms with van der Waals surface area (Å²) >= 11 is 0. The van der Waals surface area contributed by atoms with E-state index in [1.165, 1.54) is 24.3 Å². The van der Waals surface area contributed by atoms with E-state index in [0.29, 0.717) is 24.2 Å². The first kappa shape index (κ1) is 21.8. The fourth-order valence-electron chi connectivity index (χ4n) is 2.81. The van der Waals surface area contributed by atoms with Gasteiger partial charge in [-0.1, -0.05) is 24.3 Å². The number of nitrogens with one attached hydrogen (secondary N) is 2. The molecule has 0 atom stereocenters. The molecule has 0 radical (unpaired) electrons.